The van der Waals surface area contributed by atoms with Crippen LogP contribution in [-0.4, -0.2) is 15.3 Å². The van der Waals surface area contributed by atoms with E-state index in [1.165, 1.54) is 0 Å². The molecule has 0 aromatic heterocycles. The highest BCUT2D eigenvalue weighted by molar-refractivity contribution is 6.10. The molecular weight excluding hydrogens is 372 g/mol. The molecule has 0 spiro atoms. The van der Waals surface area contributed by atoms with Crippen LogP contribution in [0.5, 0.6) is 17.2 Å². The monoisotopic (exact) mass is 392 g/mol. The summed E-state index contributed by atoms with van der Waals surface area (Å²) in [5.74, 6) is 0.258. The van der Waals surface area contributed by atoms with Gasteiger partial charge in [0, 0.05) is 22.3 Å². The van der Waals surface area contributed by atoms with Crippen molar-refractivity contribution in [3.05, 3.63) is 90.5 Å². The van der Waals surface area contributed by atoms with Crippen LogP contribution in [0.4, 0.5) is 0 Å². The maximum atomic E-state index is 11.0. The Kier molecular flexibility index (Phi) is 4.11. The van der Waals surface area contributed by atoms with Crippen molar-refractivity contribution in [2.24, 2.45) is 0 Å². The minimum Gasteiger partial charge on any atom is -0.507 e. The van der Waals surface area contributed by atoms with E-state index in [1.54, 1.807) is 18.2 Å². The van der Waals surface area contributed by atoms with Gasteiger partial charge in [-0.1, -0.05) is 66.7 Å². The van der Waals surface area contributed by atoms with Crippen LogP contribution >= 0.6 is 0 Å². The molecule has 0 atom stereocenters. The Morgan fingerprint density at radius 3 is 1.43 bits per heavy atom. The number of aromatic hydroxyl groups is 3. The molecule has 3 nitrogen and oxygen atoms in total. The predicted molar refractivity (Wildman–Crippen MR) is 122 cm³/mol. The van der Waals surface area contributed by atoms with E-state index >= 15 is 0 Å². The number of phenolic OH excluding ortho intramolecular Hbond substituents is 3. The fraction of sp³-hybridized carbons (Fsp3) is 0.0370. The molecule has 0 fully saturated rings. The molecule has 0 aliphatic carbocycles. The van der Waals surface area contributed by atoms with E-state index < -0.39 is 0 Å². The van der Waals surface area contributed by atoms with Crippen molar-refractivity contribution < 1.29 is 15.3 Å². The van der Waals surface area contributed by atoms with Gasteiger partial charge in [-0.2, -0.15) is 0 Å². The molecule has 0 unspecified atom stereocenters. The van der Waals surface area contributed by atoms with Crippen LogP contribution in [0, 0.1) is 6.92 Å². The van der Waals surface area contributed by atoms with Crippen LogP contribution in [0.15, 0.2) is 84.9 Å². The number of phenols is 3. The lowest BCUT2D eigenvalue weighted by atomic mass is 9.85. The van der Waals surface area contributed by atoms with Gasteiger partial charge in [-0.15, -0.1) is 0 Å². The van der Waals surface area contributed by atoms with Crippen LogP contribution in [0.2, 0.25) is 0 Å². The fourth-order valence-corrected chi connectivity index (χ4v) is 4.32. The van der Waals surface area contributed by atoms with Crippen molar-refractivity contribution in [1.82, 2.24) is 0 Å². The summed E-state index contributed by atoms with van der Waals surface area (Å²) in [6.07, 6.45) is 0. The minimum atomic E-state index is 0.0505. The zero-order valence-electron chi connectivity index (χ0n) is 16.4. The number of fused-ring (bicyclic) bond motifs is 2. The van der Waals surface area contributed by atoms with E-state index in [1.807, 2.05) is 73.7 Å². The van der Waals surface area contributed by atoms with E-state index in [4.69, 9.17) is 0 Å². The Morgan fingerprint density at radius 2 is 0.867 bits per heavy atom. The fourth-order valence-electron chi connectivity index (χ4n) is 4.32. The molecule has 0 aliphatic heterocycles. The number of hydrogen-bond donors (Lipinski definition) is 3. The van der Waals surface area contributed by atoms with E-state index in [0.717, 1.165) is 27.1 Å². The Hall–Kier alpha value is -3.98. The largest absolute Gasteiger partial charge is 0.507 e. The smallest absolute Gasteiger partial charge is 0.124 e. The number of aryl methyl sites for hydroxylation is 1. The average Bonchev–Trinajstić information content (AvgIpc) is 2.76. The molecule has 0 amide bonds. The normalized spacial score (nSPS) is 11.2. The summed E-state index contributed by atoms with van der Waals surface area (Å²) >= 11 is 0. The lowest BCUT2D eigenvalue weighted by molar-refractivity contribution is 0.469. The van der Waals surface area contributed by atoms with Gasteiger partial charge in [-0.05, 0) is 52.2 Å². The van der Waals surface area contributed by atoms with Crippen molar-refractivity contribution in [2.45, 2.75) is 6.92 Å². The summed E-state index contributed by atoms with van der Waals surface area (Å²) < 4.78 is 0. The third kappa shape index (κ3) is 2.67. The first-order valence-electron chi connectivity index (χ1n) is 9.81. The van der Waals surface area contributed by atoms with Gasteiger partial charge in [-0.3, -0.25) is 0 Å². The first-order chi connectivity index (χ1) is 14.6. The van der Waals surface area contributed by atoms with Gasteiger partial charge in [0.05, 0.1) is 0 Å². The van der Waals surface area contributed by atoms with Crippen LogP contribution in [0.3, 0.4) is 0 Å². The molecule has 3 heteroatoms. The summed E-state index contributed by atoms with van der Waals surface area (Å²) in [7, 11) is 0. The Bertz CT molecular complexity index is 1320. The van der Waals surface area contributed by atoms with Crippen LogP contribution in [0.25, 0.3) is 43.8 Å². The predicted octanol–water partition coefficient (Wildman–Crippen LogP) is 6.75. The topological polar surface area (TPSA) is 60.7 Å². The summed E-state index contributed by atoms with van der Waals surface area (Å²) in [6.45, 7) is 1.95. The standard InChI is InChI=1S/C27H20O3/c1-16-10-13-23(30)27(26-20-9-5-3-7-18(20)12-15-22(26)29)24(16)25-19-8-4-2-6-17(19)11-14-21(25)28/h2-15,28-30H,1H3. The molecular formula is C27H20O3. The molecule has 0 bridgehead atoms. The molecule has 146 valence electrons. The van der Waals surface area contributed by atoms with E-state index in [2.05, 4.69) is 0 Å². The number of hydrogen-bond acceptors (Lipinski definition) is 3. The lowest BCUT2D eigenvalue weighted by Crippen LogP contribution is -1.94. The summed E-state index contributed by atoms with van der Waals surface area (Å²) in [6, 6.07) is 26.1. The molecule has 0 heterocycles. The maximum absolute atomic E-state index is 11.0. The van der Waals surface area contributed by atoms with Gasteiger partial charge in [0.2, 0.25) is 0 Å². The van der Waals surface area contributed by atoms with Crippen LogP contribution in [-0.2, 0) is 0 Å². The van der Waals surface area contributed by atoms with Crippen molar-refractivity contribution in [3.8, 4) is 39.5 Å². The first kappa shape index (κ1) is 18.1. The number of rotatable bonds is 2. The molecule has 3 N–H and O–H groups in total. The second kappa shape index (κ2) is 6.82. The Labute approximate surface area is 174 Å². The highest BCUT2D eigenvalue weighted by Crippen LogP contribution is 2.50. The highest BCUT2D eigenvalue weighted by atomic mass is 16.3. The van der Waals surface area contributed by atoms with Crippen LogP contribution < -0.4 is 0 Å². The van der Waals surface area contributed by atoms with Gasteiger partial charge in [-0.25, -0.2) is 0 Å². The molecule has 5 aromatic carbocycles. The van der Waals surface area contributed by atoms with Gasteiger partial charge < -0.3 is 15.3 Å². The second-order valence-electron chi connectivity index (χ2n) is 7.51. The van der Waals surface area contributed by atoms with Crippen molar-refractivity contribution >= 4 is 21.5 Å². The highest BCUT2D eigenvalue weighted by Gasteiger charge is 2.23. The lowest BCUT2D eigenvalue weighted by Gasteiger charge is -2.20. The minimum absolute atomic E-state index is 0.0505. The average molecular weight is 392 g/mol. The summed E-state index contributed by atoms with van der Waals surface area (Å²) in [5, 5.41) is 36.4. The Morgan fingerprint density at radius 1 is 0.433 bits per heavy atom. The van der Waals surface area contributed by atoms with Crippen molar-refractivity contribution in [2.75, 3.05) is 0 Å². The molecule has 5 aromatic rings. The van der Waals surface area contributed by atoms with Gasteiger partial charge in [0.1, 0.15) is 17.2 Å². The third-order valence-electron chi connectivity index (χ3n) is 5.71. The maximum Gasteiger partial charge on any atom is 0.124 e. The quantitative estimate of drug-likeness (QED) is 0.311. The van der Waals surface area contributed by atoms with Crippen molar-refractivity contribution in [1.29, 1.82) is 0 Å². The molecule has 0 radical (unpaired) electrons. The number of benzene rings is 5. The van der Waals surface area contributed by atoms with Gasteiger partial charge >= 0.3 is 0 Å². The van der Waals surface area contributed by atoms with E-state index in [-0.39, 0.29) is 17.2 Å². The summed E-state index contributed by atoms with van der Waals surface area (Å²) in [4.78, 5) is 0. The molecule has 0 saturated carbocycles. The summed E-state index contributed by atoms with van der Waals surface area (Å²) in [5.41, 5.74) is 3.30. The van der Waals surface area contributed by atoms with Crippen LogP contribution in [0.1, 0.15) is 5.56 Å². The third-order valence-corrected chi connectivity index (χ3v) is 5.71. The molecule has 30 heavy (non-hydrogen) atoms. The Balaban J connectivity index is 1.98. The van der Waals surface area contributed by atoms with Gasteiger partial charge in [0.15, 0.2) is 0 Å². The first-order valence-corrected chi connectivity index (χ1v) is 9.81. The second-order valence-corrected chi connectivity index (χ2v) is 7.51. The molecule has 5 rings (SSSR count). The zero-order chi connectivity index (χ0) is 20.8. The van der Waals surface area contributed by atoms with Gasteiger partial charge in [0.25, 0.3) is 0 Å². The molecule has 0 saturated heterocycles. The van der Waals surface area contributed by atoms with E-state index in [9.17, 15) is 15.3 Å². The van der Waals surface area contributed by atoms with E-state index in [0.29, 0.717) is 22.3 Å². The SMILES string of the molecule is Cc1ccc(O)c(-c2c(O)ccc3ccccc23)c1-c1c(O)ccc2ccccc12. The molecule has 0 aliphatic rings. The zero-order valence-corrected chi connectivity index (χ0v) is 16.4. The van der Waals surface area contributed by atoms with Crippen molar-refractivity contribution in [3.63, 3.8) is 0 Å².